The van der Waals surface area contributed by atoms with E-state index >= 15 is 0 Å². The number of nitrogen functional groups attached to an aromatic ring is 1. The highest BCUT2D eigenvalue weighted by atomic mass is 16.2. The summed E-state index contributed by atoms with van der Waals surface area (Å²) in [4.78, 5) is 11.7. The number of hydrogen-bond donors (Lipinski definition) is 3. The molecule has 0 aliphatic heterocycles. The second-order valence-corrected chi connectivity index (χ2v) is 4.44. The Balaban J connectivity index is 2.71. The van der Waals surface area contributed by atoms with Gasteiger partial charge in [-0.3, -0.25) is 4.79 Å². The van der Waals surface area contributed by atoms with Crippen molar-refractivity contribution in [2.75, 3.05) is 11.1 Å². The van der Waals surface area contributed by atoms with E-state index in [4.69, 9.17) is 11.0 Å². The van der Waals surface area contributed by atoms with Crippen molar-refractivity contribution < 1.29 is 4.79 Å². The molecule has 0 aliphatic rings. The van der Waals surface area contributed by atoms with Crippen LogP contribution in [0.4, 0.5) is 11.4 Å². The molecule has 0 spiro atoms. The molecule has 1 unspecified atom stereocenters. The zero-order valence-corrected chi connectivity index (χ0v) is 10.8. The molecular weight excluding hydrogens is 228 g/mol. The van der Waals surface area contributed by atoms with Gasteiger partial charge in [0.15, 0.2) is 0 Å². The third kappa shape index (κ3) is 3.67. The lowest BCUT2D eigenvalue weighted by molar-refractivity contribution is -0.122. The Morgan fingerprint density at radius 1 is 1.39 bits per heavy atom. The fraction of sp³-hybridized carbons (Fsp3) is 0.385. The van der Waals surface area contributed by atoms with E-state index in [1.165, 1.54) is 0 Å². The molecule has 5 nitrogen and oxygen atoms in total. The molecular formula is C13H18N4O. The second kappa shape index (κ2) is 5.92. The van der Waals surface area contributed by atoms with Gasteiger partial charge in [-0.15, -0.1) is 0 Å². The van der Waals surface area contributed by atoms with E-state index in [-0.39, 0.29) is 18.0 Å². The molecule has 0 saturated carbocycles. The zero-order chi connectivity index (χ0) is 13.7. The Morgan fingerprint density at radius 3 is 2.56 bits per heavy atom. The van der Waals surface area contributed by atoms with Crippen LogP contribution in [0.2, 0.25) is 0 Å². The average Bonchev–Trinajstić information content (AvgIpc) is 2.28. The lowest BCUT2D eigenvalue weighted by Crippen LogP contribution is -2.40. The van der Waals surface area contributed by atoms with E-state index in [0.717, 1.165) is 5.69 Å². The Labute approximate surface area is 107 Å². The third-order valence-corrected chi connectivity index (χ3v) is 2.38. The third-order valence-electron chi connectivity index (χ3n) is 2.38. The largest absolute Gasteiger partial charge is 0.398 e. The summed E-state index contributed by atoms with van der Waals surface area (Å²) < 4.78 is 0. The standard InChI is InChI=1S/C13H18N4O/c1-8(2)16-13(18)9(3)17-11-5-4-10(7-14)12(15)6-11/h4-6,8-9,17H,15H2,1-3H3,(H,16,18). The van der Waals surface area contributed by atoms with Crippen LogP contribution in [0.15, 0.2) is 18.2 Å². The fourth-order valence-electron chi connectivity index (χ4n) is 1.48. The maximum atomic E-state index is 11.7. The van der Waals surface area contributed by atoms with Crippen molar-refractivity contribution in [1.82, 2.24) is 5.32 Å². The number of nitriles is 1. The summed E-state index contributed by atoms with van der Waals surface area (Å²) in [7, 11) is 0. The van der Waals surface area contributed by atoms with Gasteiger partial charge in [0.25, 0.3) is 0 Å². The van der Waals surface area contributed by atoms with Crippen molar-refractivity contribution in [2.45, 2.75) is 32.9 Å². The lowest BCUT2D eigenvalue weighted by Gasteiger charge is -2.17. The number of nitrogens with one attached hydrogen (secondary N) is 2. The molecule has 96 valence electrons. The maximum absolute atomic E-state index is 11.7. The van der Waals surface area contributed by atoms with Gasteiger partial charge >= 0.3 is 0 Å². The summed E-state index contributed by atoms with van der Waals surface area (Å²) in [5.41, 5.74) is 7.25. The Kier molecular flexibility index (Phi) is 4.55. The van der Waals surface area contributed by atoms with Gasteiger partial charge in [-0.25, -0.2) is 0 Å². The van der Waals surface area contributed by atoms with Gasteiger partial charge in [0, 0.05) is 11.7 Å². The number of carbonyl (C=O) groups excluding carboxylic acids is 1. The topological polar surface area (TPSA) is 90.9 Å². The van der Waals surface area contributed by atoms with Gasteiger partial charge in [-0.2, -0.15) is 5.26 Å². The normalized spacial score (nSPS) is 11.7. The molecule has 0 saturated heterocycles. The van der Waals surface area contributed by atoms with Crippen LogP contribution in [0.5, 0.6) is 0 Å². The van der Waals surface area contributed by atoms with Crippen LogP contribution in [0, 0.1) is 11.3 Å². The SMILES string of the molecule is CC(C)NC(=O)C(C)Nc1ccc(C#N)c(N)c1. The number of rotatable bonds is 4. The Hall–Kier alpha value is -2.22. The van der Waals surface area contributed by atoms with Crippen LogP contribution in [0.3, 0.4) is 0 Å². The van der Waals surface area contributed by atoms with Gasteiger partial charge in [0.2, 0.25) is 5.91 Å². The first-order valence-corrected chi connectivity index (χ1v) is 5.80. The van der Waals surface area contributed by atoms with Crippen LogP contribution in [-0.4, -0.2) is 18.0 Å². The molecule has 1 rings (SSSR count). The summed E-state index contributed by atoms with van der Waals surface area (Å²) in [6, 6.07) is 6.75. The summed E-state index contributed by atoms with van der Waals surface area (Å²) in [5.74, 6) is -0.0760. The molecule has 1 aromatic rings. The average molecular weight is 246 g/mol. The van der Waals surface area contributed by atoms with Crippen molar-refractivity contribution in [3.8, 4) is 6.07 Å². The van der Waals surface area contributed by atoms with Gasteiger partial charge in [0.1, 0.15) is 12.1 Å². The molecule has 1 amide bonds. The van der Waals surface area contributed by atoms with E-state index in [9.17, 15) is 4.79 Å². The first-order chi connectivity index (χ1) is 8.43. The van der Waals surface area contributed by atoms with E-state index in [1.54, 1.807) is 25.1 Å². The minimum Gasteiger partial charge on any atom is -0.398 e. The molecule has 0 heterocycles. The quantitative estimate of drug-likeness (QED) is 0.701. The summed E-state index contributed by atoms with van der Waals surface area (Å²) in [6.07, 6.45) is 0. The van der Waals surface area contributed by atoms with Gasteiger partial charge in [-0.05, 0) is 39.0 Å². The molecule has 0 radical (unpaired) electrons. The van der Waals surface area contributed by atoms with Gasteiger partial charge in [0.05, 0.1) is 11.3 Å². The van der Waals surface area contributed by atoms with E-state index in [2.05, 4.69) is 10.6 Å². The van der Waals surface area contributed by atoms with E-state index in [0.29, 0.717) is 11.3 Å². The Morgan fingerprint density at radius 2 is 2.06 bits per heavy atom. The van der Waals surface area contributed by atoms with Crippen molar-refractivity contribution in [3.63, 3.8) is 0 Å². The van der Waals surface area contributed by atoms with Crippen LogP contribution in [-0.2, 0) is 4.79 Å². The van der Waals surface area contributed by atoms with Crippen molar-refractivity contribution in [3.05, 3.63) is 23.8 Å². The minimum atomic E-state index is -0.361. The number of nitrogens with zero attached hydrogens (tertiary/aromatic N) is 1. The van der Waals surface area contributed by atoms with Gasteiger partial charge < -0.3 is 16.4 Å². The number of hydrogen-bond acceptors (Lipinski definition) is 4. The predicted octanol–water partition coefficient (Wildman–Crippen LogP) is 1.47. The molecule has 1 atom stereocenters. The van der Waals surface area contributed by atoms with Crippen LogP contribution >= 0.6 is 0 Å². The Bertz CT molecular complexity index is 476. The number of amides is 1. The van der Waals surface area contributed by atoms with Crippen LogP contribution < -0.4 is 16.4 Å². The fourth-order valence-corrected chi connectivity index (χ4v) is 1.48. The summed E-state index contributed by atoms with van der Waals surface area (Å²) in [5, 5.41) is 14.6. The minimum absolute atomic E-state index is 0.0760. The van der Waals surface area contributed by atoms with E-state index in [1.807, 2.05) is 19.9 Å². The molecule has 0 bridgehead atoms. The molecule has 0 aliphatic carbocycles. The van der Waals surface area contributed by atoms with Crippen molar-refractivity contribution in [1.29, 1.82) is 5.26 Å². The smallest absolute Gasteiger partial charge is 0.242 e. The zero-order valence-electron chi connectivity index (χ0n) is 10.8. The first kappa shape index (κ1) is 13.8. The molecule has 1 aromatic carbocycles. The lowest BCUT2D eigenvalue weighted by atomic mass is 10.1. The summed E-state index contributed by atoms with van der Waals surface area (Å²) >= 11 is 0. The van der Waals surface area contributed by atoms with Crippen molar-refractivity contribution in [2.24, 2.45) is 0 Å². The number of anilines is 2. The number of carbonyl (C=O) groups is 1. The van der Waals surface area contributed by atoms with Crippen LogP contribution in [0.25, 0.3) is 0 Å². The maximum Gasteiger partial charge on any atom is 0.242 e. The first-order valence-electron chi connectivity index (χ1n) is 5.80. The van der Waals surface area contributed by atoms with E-state index < -0.39 is 0 Å². The van der Waals surface area contributed by atoms with Gasteiger partial charge in [-0.1, -0.05) is 0 Å². The molecule has 0 aromatic heterocycles. The van der Waals surface area contributed by atoms with Crippen LogP contribution in [0.1, 0.15) is 26.3 Å². The molecule has 5 heteroatoms. The molecule has 4 N–H and O–H groups in total. The number of nitrogens with two attached hydrogens (primary N) is 1. The highest BCUT2D eigenvalue weighted by Gasteiger charge is 2.13. The summed E-state index contributed by atoms with van der Waals surface area (Å²) in [6.45, 7) is 5.58. The number of benzene rings is 1. The monoisotopic (exact) mass is 246 g/mol. The molecule has 18 heavy (non-hydrogen) atoms. The second-order valence-electron chi connectivity index (χ2n) is 4.44. The highest BCUT2D eigenvalue weighted by Crippen LogP contribution is 2.17. The predicted molar refractivity (Wildman–Crippen MR) is 71.9 cm³/mol. The van der Waals surface area contributed by atoms with Crippen molar-refractivity contribution >= 4 is 17.3 Å². The molecule has 0 fully saturated rings. The highest BCUT2D eigenvalue weighted by molar-refractivity contribution is 5.84.